The number of rotatable bonds is 4. The van der Waals surface area contributed by atoms with Gasteiger partial charge in [0.1, 0.15) is 0 Å². The molecule has 0 amide bonds. The van der Waals surface area contributed by atoms with Crippen molar-refractivity contribution in [2.24, 2.45) is 0 Å². The zero-order valence-corrected chi connectivity index (χ0v) is 9.46. The average Bonchev–Trinajstić information content (AvgIpc) is 2.26. The van der Waals surface area contributed by atoms with E-state index in [0.29, 0.717) is 11.6 Å². The maximum atomic E-state index is 9.22. The Labute approximate surface area is 95.5 Å². The third kappa shape index (κ3) is 2.65. The zero-order chi connectivity index (χ0) is 11.3. The van der Waals surface area contributed by atoms with Gasteiger partial charge in [0.05, 0.1) is 23.9 Å². The SMILES string of the molecule is C#CCN(CC)c1c(Cl)cccc1CO. The highest BCUT2D eigenvalue weighted by Gasteiger charge is 2.11. The first-order valence-corrected chi connectivity index (χ1v) is 5.19. The standard InChI is InChI=1S/C12H14ClNO/c1-3-8-14(4-2)12-10(9-15)6-5-7-11(12)13/h1,5-7,15H,4,8-9H2,2H3. The molecule has 0 spiro atoms. The molecule has 0 saturated heterocycles. The van der Waals surface area contributed by atoms with Gasteiger partial charge in [-0.25, -0.2) is 0 Å². The molecule has 1 aromatic rings. The van der Waals surface area contributed by atoms with Crippen LogP contribution in [0.4, 0.5) is 5.69 Å². The van der Waals surface area contributed by atoms with Crippen LogP contribution < -0.4 is 4.90 Å². The first kappa shape index (κ1) is 11.9. The summed E-state index contributed by atoms with van der Waals surface area (Å²) in [4.78, 5) is 1.97. The van der Waals surface area contributed by atoms with Crippen LogP contribution in [-0.2, 0) is 6.61 Å². The van der Waals surface area contributed by atoms with Gasteiger partial charge in [0.25, 0.3) is 0 Å². The van der Waals surface area contributed by atoms with Crippen molar-refractivity contribution in [3.05, 3.63) is 28.8 Å². The highest BCUT2D eigenvalue weighted by molar-refractivity contribution is 6.33. The summed E-state index contributed by atoms with van der Waals surface area (Å²) in [6.07, 6.45) is 5.29. The van der Waals surface area contributed by atoms with E-state index in [4.69, 9.17) is 18.0 Å². The Bertz CT molecular complexity index is 370. The Kier molecular flexibility index (Phi) is 4.48. The lowest BCUT2D eigenvalue weighted by Gasteiger charge is -2.24. The monoisotopic (exact) mass is 223 g/mol. The molecule has 0 aromatic heterocycles. The number of hydrogen-bond acceptors (Lipinski definition) is 2. The Morgan fingerprint density at radius 1 is 1.53 bits per heavy atom. The van der Waals surface area contributed by atoms with Gasteiger partial charge in [-0.3, -0.25) is 0 Å². The van der Waals surface area contributed by atoms with Gasteiger partial charge in [-0.2, -0.15) is 0 Å². The molecule has 2 nitrogen and oxygen atoms in total. The summed E-state index contributed by atoms with van der Waals surface area (Å²) < 4.78 is 0. The fourth-order valence-corrected chi connectivity index (χ4v) is 1.81. The van der Waals surface area contributed by atoms with E-state index in [2.05, 4.69) is 5.92 Å². The number of anilines is 1. The Morgan fingerprint density at radius 3 is 2.80 bits per heavy atom. The Balaban J connectivity index is 3.15. The molecule has 0 atom stereocenters. The van der Waals surface area contributed by atoms with Crippen molar-refractivity contribution in [3.63, 3.8) is 0 Å². The molecule has 1 aromatic carbocycles. The van der Waals surface area contributed by atoms with Crippen LogP contribution in [0.5, 0.6) is 0 Å². The summed E-state index contributed by atoms with van der Waals surface area (Å²) in [5, 5.41) is 9.84. The quantitative estimate of drug-likeness (QED) is 0.792. The number of para-hydroxylation sites is 1. The van der Waals surface area contributed by atoms with Gasteiger partial charge >= 0.3 is 0 Å². The highest BCUT2D eigenvalue weighted by Crippen LogP contribution is 2.29. The molecular weight excluding hydrogens is 210 g/mol. The second kappa shape index (κ2) is 5.65. The van der Waals surface area contributed by atoms with Crippen LogP contribution in [0.1, 0.15) is 12.5 Å². The van der Waals surface area contributed by atoms with Gasteiger partial charge < -0.3 is 10.0 Å². The van der Waals surface area contributed by atoms with Gasteiger partial charge in [-0.15, -0.1) is 6.42 Å². The number of terminal acetylenes is 1. The molecule has 0 radical (unpaired) electrons. The normalized spacial score (nSPS) is 9.73. The van der Waals surface area contributed by atoms with Crippen molar-refractivity contribution in [1.29, 1.82) is 0 Å². The lowest BCUT2D eigenvalue weighted by molar-refractivity contribution is 0.282. The van der Waals surface area contributed by atoms with Gasteiger partial charge in [-0.05, 0) is 13.0 Å². The fraction of sp³-hybridized carbons (Fsp3) is 0.333. The molecule has 0 bridgehead atoms. The first-order chi connectivity index (χ1) is 7.24. The molecule has 0 fully saturated rings. The van der Waals surface area contributed by atoms with E-state index in [1.807, 2.05) is 24.0 Å². The van der Waals surface area contributed by atoms with E-state index in [9.17, 15) is 5.11 Å². The van der Waals surface area contributed by atoms with Crippen LogP contribution in [0.2, 0.25) is 5.02 Å². The molecule has 1 N–H and O–H groups in total. The number of aliphatic hydroxyl groups is 1. The van der Waals surface area contributed by atoms with Crippen LogP contribution in [0.15, 0.2) is 18.2 Å². The summed E-state index contributed by atoms with van der Waals surface area (Å²) >= 11 is 6.10. The number of nitrogens with zero attached hydrogens (tertiary/aromatic N) is 1. The Hall–Kier alpha value is -1.17. The number of benzene rings is 1. The van der Waals surface area contributed by atoms with Crippen molar-refractivity contribution >= 4 is 17.3 Å². The van der Waals surface area contributed by atoms with Crippen molar-refractivity contribution in [2.75, 3.05) is 18.0 Å². The van der Waals surface area contributed by atoms with Crippen molar-refractivity contribution < 1.29 is 5.11 Å². The topological polar surface area (TPSA) is 23.5 Å². The largest absolute Gasteiger partial charge is 0.392 e. The minimum atomic E-state index is -0.0308. The van der Waals surface area contributed by atoms with Crippen LogP contribution >= 0.6 is 11.6 Å². The lowest BCUT2D eigenvalue weighted by atomic mass is 10.1. The number of hydrogen-bond donors (Lipinski definition) is 1. The smallest absolute Gasteiger partial charge is 0.0792 e. The molecular formula is C12H14ClNO. The second-order valence-corrected chi connectivity index (χ2v) is 3.53. The molecule has 0 aliphatic carbocycles. The molecule has 80 valence electrons. The summed E-state index contributed by atoms with van der Waals surface area (Å²) in [5.74, 6) is 2.58. The average molecular weight is 224 g/mol. The van der Waals surface area contributed by atoms with Gasteiger partial charge in [0.15, 0.2) is 0 Å². The van der Waals surface area contributed by atoms with Gasteiger partial charge in [0.2, 0.25) is 0 Å². The number of aliphatic hydroxyl groups excluding tert-OH is 1. The van der Waals surface area contributed by atoms with Crippen molar-refractivity contribution in [2.45, 2.75) is 13.5 Å². The van der Waals surface area contributed by atoms with Crippen LogP contribution in [0, 0.1) is 12.3 Å². The van der Waals surface area contributed by atoms with Gasteiger partial charge in [0, 0.05) is 12.1 Å². The molecule has 0 unspecified atom stereocenters. The minimum absolute atomic E-state index is 0.0308. The maximum absolute atomic E-state index is 9.22. The summed E-state index contributed by atoms with van der Waals surface area (Å²) in [5.41, 5.74) is 1.64. The van der Waals surface area contributed by atoms with Crippen LogP contribution in [0.25, 0.3) is 0 Å². The molecule has 0 aliphatic heterocycles. The van der Waals surface area contributed by atoms with Crippen molar-refractivity contribution in [1.82, 2.24) is 0 Å². The lowest BCUT2D eigenvalue weighted by Crippen LogP contribution is -2.24. The van der Waals surface area contributed by atoms with E-state index in [0.717, 1.165) is 17.8 Å². The molecule has 0 heterocycles. The highest BCUT2D eigenvalue weighted by atomic mass is 35.5. The molecule has 0 aliphatic rings. The fourth-order valence-electron chi connectivity index (χ4n) is 1.50. The maximum Gasteiger partial charge on any atom is 0.0792 e. The van der Waals surface area contributed by atoms with Crippen LogP contribution in [0.3, 0.4) is 0 Å². The van der Waals surface area contributed by atoms with Gasteiger partial charge in [-0.1, -0.05) is 29.7 Å². The third-order valence-electron chi connectivity index (χ3n) is 2.22. The van der Waals surface area contributed by atoms with Crippen LogP contribution in [-0.4, -0.2) is 18.2 Å². The van der Waals surface area contributed by atoms with E-state index in [-0.39, 0.29) is 6.61 Å². The van der Waals surface area contributed by atoms with E-state index < -0.39 is 0 Å². The van der Waals surface area contributed by atoms with E-state index >= 15 is 0 Å². The van der Waals surface area contributed by atoms with Crippen molar-refractivity contribution in [3.8, 4) is 12.3 Å². The molecule has 1 rings (SSSR count). The molecule has 3 heteroatoms. The first-order valence-electron chi connectivity index (χ1n) is 4.81. The van der Waals surface area contributed by atoms with E-state index in [1.54, 1.807) is 6.07 Å². The number of halogens is 1. The third-order valence-corrected chi connectivity index (χ3v) is 2.53. The molecule has 15 heavy (non-hydrogen) atoms. The zero-order valence-electron chi connectivity index (χ0n) is 8.70. The summed E-state index contributed by atoms with van der Waals surface area (Å²) in [6.45, 7) is 3.23. The van der Waals surface area contributed by atoms with E-state index in [1.165, 1.54) is 0 Å². The predicted octanol–water partition coefficient (Wildman–Crippen LogP) is 2.29. The minimum Gasteiger partial charge on any atom is -0.392 e. The molecule has 0 saturated carbocycles. The summed E-state index contributed by atoms with van der Waals surface area (Å²) in [6, 6.07) is 5.47. The Morgan fingerprint density at radius 2 is 2.27 bits per heavy atom. The predicted molar refractivity (Wildman–Crippen MR) is 64.1 cm³/mol. The second-order valence-electron chi connectivity index (χ2n) is 3.12. The summed E-state index contributed by atoms with van der Waals surface area (Å²) in [7, 11) is 0.